The quantitative estimate of drug-likeness (QED) is 0.913. The number of amides is 1. The predicted molar refractivity (Wildman–Crippen MR) is 79.8 cm³/mol. The van der Waals surface area contributed by atoms with Gasteiger partial charge in [0.25, 0.3) is 5.91 Å². The number of anilines is 1. The van der Waals surface area contributed by atoms with E-state index in [9.17, 15) is 9.18 Å². The third kappa shape index (κ3) is 2.99. The number of aryl methyl sites for hydroxylation is 1. The molecule has 0 radical (unpaired) electrons. The molecule has 0 fully saturated rings. The SMILES string of the molecule is COc1ccc(NC(=O)c2cccc(C)c2Br)cc1F. The Morgan fingerprint density at radius 3 is 2.70 bits per heavy atom. The topological polar surface area (TPSA) is 38.3 Å². The van der Waals surface area contributed by atoms with Crippen molar-refractivity contribution in [2.24, 2.45) is 0 Å². The molecule has 2 aromatic carbocycles. The highest BCUT2D eigenvalue weighted by molar-refractivity contribution is 9.10. The fourth-order valence-corrected chi connectivity index (χ4v) is 2.21. The smallest absolute Gasteiger partial charge is 0.256 e. The molecule has 1 amide bonds. The molecular formula is C15H13BrFNO2. The van der Waals surface area contributed by atoms with Crippen LogP contribution in [-0.4, -0.2) is 13.0 Å². The van der Waals surface area contributed by atoms with Crippen molar-refractivity contribution in [3.63, 3.8) is 0 Å². The number of halogens is 2. The van der Waals surface area contributed by atoms with Crippen molar-refractivity contribution in [2.75, 3.05) is 12.4 Å². The van der Waals surface area contributed by atoms with Gasteiger partial charge in [-0.25, -0.2) is 4.39 Å². The molecule has 0 heterocycles. The molecule has 5 heteroatoms. The maximum Gasteiger partial charge on any atom is 0.256 e. The zero-order valence-corrected chi connectivity index (χ0v) is 12.6. The number of ether oxygens (including phenoxy) is 1. The molecule has 3 nitrogen and oxygen atoms in total. The first-order valence-electron chi connectivity index (χ1n) is 5.93. The summed E-state index contributed by atoms with van der Waals surface area (Å²) in [5, 5.41) is 2.65. The zero-order chi connectivity index (χ0) is 14.7. The van der Waals surface area contributed by atoms with Crippen LogP contribution in [0.2, 0.25) is 0 Å². The van der Waals surface area contributed by atoms with Gasteiger partial charge in [-0.3, -0.25) is 4.79 Å². The number of hydrogen-bond donors (Lipinski definition) is 1. The molecule has 20 heavy (non-hydrogen) atoms. The largest absolute Gasteiger partial charge is 0.494 e. The van der Waals surface area contributed by atoms with Crippen molar-refractivity contribution < 1.29 is 13.9 Å². The lowest BCUT2D eigenvalue weighted by Crippen LogP contribution is -2.13. The van der Waals surface area contributed by atoms with Crippen molar-refractivity contribution in [1.29, 1.82) is 0 Å². The Kier molecular flexibility index (Phi) is 4.39. The molecule has 104 valence electrons. The average Bonchev–Trinajstić information content (AvgIpc) is 2.42. The van der Waals surface area contributed by atoms with Gasteiger partial charge in [0.2, 0.25) is 0 Å². The average molecular weight is 338 g/mol. The normalized spacial score (nSPS) is 10.2. The Bertz CT molecular complexity index is 658. The number of carbonyl (C=O) groups excluding carboxylic acids is 1. The van der Waals surface area contributed by atoms with E-state index in [2.05, 4.69) is 21.2 Å². The van der Waals surface area contributed by atoms with E-state index < -0.39 is 5.82 Å². The first-order chi connectivity index (χ1) is 9.52. The number of carbonyl (C=O) groups is 1. The highest BCUT2D eigenvalue weighted by Crippen LogP contribution is 2.24. The summed E-state index contributed by atoms with van der Waals surface area (Å²) in [5.41, 5.74) is 1.83. The lowest BCUT2D eigenvalue weighted by atomic mass is 10.1. The van der Waals surface area contributed by atoms with Gasteiger partial charge in [0.1, 0.15) is 0 Å². The Morgan fingerprint density at radius 1 is 1.30 bits per heavy atom. The van der Waals surface area contributed by atoms with E-state index in [-0.39, 0.29) is 11.7 Å². The molecule has 0 spiro atoms. The first-order valence-corrected chi connectivity index (χ1v) is 6.72. The summed E-state index contributed by atoms with van der Waals surface area (Å²) in [4.78, 5) is 12.2. The zero-order valence-electron chi connectivity index (χ0n) is 11.0. The van der Waals surface area contributed by atoms with Gasteiger partial charge in [0.05, 0.1) is 12.7 Å². The van der Waals surface area contributed by atoms with E-state index >= 15 is 0 Å². The molecular weight excluding hydrogens is 325 g/mol. The Hall–Kier alpha value is -1.88. The van der Waals surface area contributed by atoms with Crippen LogP contribution in [0.5, 0.6) is 5.75 Å². The van der Waals surface area contributed by atoms with Crippen molar-refractivity contribution in [2.45, 2.75) is 6.92 Å². The maximum atomic E-state index is 13.6. The fraction of sp³-hybridized carbons (Fsp3) is 0.133. The molecule has 0 atom stereocenters. The summed E-state index contributed by atoms with van der Waals surface area (Å²) in [6, 6.07) is 9.67. The van der Waals surface area contributed by atoms with Crippen LogP contribution in [0.3, 0.4) is 0 Å². The van der Waals surface area contributed by atoms with Gasteiger partial charge < -0.3 is 10.1 Å². The molecule has 2 aromatic rings. The highest BCUT2D eigenvalue weighted by atomic mass is 79.9. The highest BCUT2D eigenvalue weighted by Gasteiger charge is 2.12. The number of benzene rings is 2. The van der Waals surface area contributed by atoms with Crippen LogP contribution < -0.4 is 10.1 Å². The standard InChI is InChI=1S/C15H13BrFNO2/c1-9-4-3-5-11(14(9)16)15(19)18-10-6-7-13(20-2)12(17)8-10/h3-8H,1-2H3,(H,18,19). The van der Waals surface area contributed by atoms with E-state index in [1.807, 2.05) is 13.0 Å². The van der Waals surface area contributed by atoms with Gasteiger partial charge in [-0.1, -0.05) is 12.1 Å². The molecule has 0 aliphatic heterocycles. The molecule has 0 unspecified atom stereocenters. The minimum absolute atomic E-state index is 0.139. The van der Waals surface area contributed by atoms with Crippen LogP contribution in [0, 0.1) is 12.7 Å². The van der Waals surface area contributed by atoms with Gasteiger partial charge in [-0.15, -0.1) is 0 Å². The summed E-state index contributed by atoms with van der Waals surface area (Å²) < 4.78 is 19.1. The Balaban J connectivity index is 2.24. The molecule has 1 N–H and O–H groups in total. The van der Waals surface area contributed by atoms with E-state index in [1.165, 1.54) is 19.2 Å². The van der Waals surface area contributed by atoms with Crippen LogP contribution >= 0.6 is 15.9 Å². The number of methoxy groups -OCH3 is 1. The van der Waals surface area contributed by atoms with Crippen LogP contribution in [0.4, 0.5) is 10.1 Å². The summed E-state index contributed by atoms with van der Waals surface area (Å²) in [5.74, 6) is -0.682. The second-order valence-corrected chi connectivity index (χ2v) is 5.03. The van der Waals surface area contributed by atoms with Crippen molar-refractivity contribution in [1.82, 2.24) is 0 Å². The molecule has 0 bridgehead atoms. The van der Waals surface area contributed by atoms with Crippen LogP contribution in [0.1, 0.15) is 15.9 Å². The van der Waals surface area contributed by atoms with Gasteiger partial charge in [0, 0.05) is 16.2 Å². The van der Waals surface area contributed by atoms with Gasteiger partial charge in [-0.05, 0) is 46.6 Å². The number of hydrogen-bond acceptors (Lipinski definition) is 2. The minimum atomic E-state index is -0.520. The lowest BCUT2D eigenvalue weighted by molar-refractivity contribution is 0.102. The fourth-order valence-electron chi connectivity index (χ4n) is 1.77. The van der Waals surface area contributed by atoms with Gasteiger partial charge in [-0.2, -0.15) is 0 Å². The molecule has 0 saturated carbocycles. The van der Waals surface area contributed by atoms with E-state index in [0.29, 0.717) is 11.3 Å². The summed E-state index contributed by atoms with van der Waals surface area (Å²) in [6.07, 6.45) is 0. The summed E-state index contributed by atoms with van der Waals surface area (Å²) in [6.45, 7) is 1.90. The van der Waals surface area contributed by atoms with Crippen LogP contribution in [0.15, 0.2) is 40.9 Å². The molecule has 2 rings (SSSR count). The Morgan fingerprint density at radius 2 is 2.05 bits per heavy atom. The molecule has 0 aliphatic carbocycles. The minimum Gasteiger partial charge on any atom is -0.494 e. The molecule has 0 aromatic heterocycles. The van der Waals surface area contributed by atoms with Crippen LogP contribution in [-0.2, 0) is 0 Å². The van der Waals surface area contributed by atoms with E-state index in [0.717, 1.165) is 10.0 Å². The lowest BCUT2D eigenvalue weighted by Gasteiger charge is -2.09. The van der Waals surface area contributed by atoms with Crippen molar-refractivity contribution in [3.05, 3.63) is 57.8 Å². The third-order valence-electron chi connectivity index (χ3n) is 2.85. The van der Waals surface area contributed by atoms with Crippen LogP contribution in [0.25, 0.3) is 0 Å². The van der Waals surface area contributed by atoms with E-state index in [1.54, 1.807) is 18.2 Å². The predicted octanol–water partition coefficient (Wildman–Crippen LogP) is 4.16. The van der Waals surface area contributed by atoms with Gasteiger partial charge in [0.15, 0.2) is 11.6 Å². The maximum absolute atomic E-state index is 13.6. The van der Waals surface area contributed by atoms with Gasteiger partial charge >= 0.3 is 0 Å². The number of nitrogens with one attached hydrogen (secondary N) is 1. The molecule has 0 saturated heterocycles. The number of rotatable bonds is 3. The van der Waals surface area contributed by atoms with Crippen molar-refractivity contribution in [3.8, 4) is 5.75 Å². The summed E-state index contributed by atoms with van der Waals surface area (Å²) in [7, 11) is 1.39. The monoisotopic (exact) mass is 337 g/mol. The third-order valence-corrected chi connectivity index (χ3v) is 3.90. The molecule has 0 aliphatic rings. The Labute approximate surface area is 124 Å². The second kappa shape index (κ2) is 6.05. The second-order valence-electron chi connectivity index (χ2n) is 4.24. The summed E-state index contributed by atoms with van der Waals surface area (Å²) >= 11 is 3.38. The van der Waals surface area contributed by atoms with E-state index in [4.69, 9.17) is 4.74 Å². The first kappa shape index (κ1) is 14.5. The van der Waals surface area contributed by atoms with Crippen molar-refractivity contribution >= 4 is 27.5 Å².